The number of carbonyl (C=O) groups is 2. The fraction of sp³-hybridized carbons (Fsp3) is 0.250. The molecule has 0 fully saturated rings. The summed E-state index contributed by atoms with van der Waals surface area (Å²) < 4.78 is 12.9. The first-order valence-corrected chi connectivity index (χ1v) is 10.4. The smallest absolute Gasteiger partial charge is 0.338 e. The predicted molar refractivity (Wildman–Crippen MR) is 114 cm³/mol. The van der Waals surface area contributed by atoms with E-state index in [1.165, 1.54) is 17.4 Å². The first kappa shape index (κ1) is 21.5. The van der Waals surface area contributed by atoms with Gasteiger partial charge in [-0.25, -0.2) is 4.79 Å². The molecule has 6 nitrogen and oxygen atoms in total. The fourth-order valence-electron chi connectivity index (χ4n) is 2.71. The Morgan fingerprint density at radius 3 is 2.66 bits per heavy atom. The predicted octanol–water partition coefficient (Wildman–Crippen LogP) is 4.57. The van der Waals surface area contributed by atoms with Gasteiger partial charge in [-0.3, -0.25) is 4.79 Å². The maximum atomic E-state index is 12.7. The number of carbonyl (C=O) groups excluding carboxylic acids is 2. The molecule has 0 aliphatic rings. The molecule has 0 saturated heterocycles. The largest absolute Gasteiger partial charge is 0.462 e. The number of thiazole rings is 1. The van der Waals surface area contributed by atoms with Crippen LogP contribution in [0.2, 0.25) is 10.0 Å². The summed E-state index contributed by atoms with van der Waals surface area (Å²) in [4.78, 5) is 29.5. The summed E-state index contributed by atoms with van der Waals surface area (Å²) in [6.45, 7) is 2.99. The molecule has 0 bridgehead atoms. The Hall–Kier alpha value is -2.19. The second-order valence-corrected chi connectivity index (χ2v) is 7.83. The van der Waals surface area contributed by atoms with Gasteiger partial charge >= 0.3 is 5.97 Å². The molecule has 3 rings (SSSR count). The van der Waals surface area contributed by atoms with Crippen LogP contribution < -0.4 is 4.80 Å². The summed E-state index contributed by atoms with van der Waals surface area (Å²) in [5, 5.41) is 0.676. The lowest BCUT2D eigenvalue weighted by Gasteiger charge is -2.05. The lowest BCUT2D eigenvalue weighted by molar-refractivity contribution is 0.0526. The van der Waals surface area contributed by atoms with Crippen LogP contribution in [-0.4, -0.2) is 36.8 Å². The molecule has 0 aliphatic heterocycles. The van der Waals surface area contributed by atoms with Gasteiger partial charge in [-0.05, 0) is 43.3 Å². The molecule has 0 spiro atoms. The van der Waals surface area contributed by atoms with Crippen molar-refractivity contribution in [3.05, 3.63) is 62.4 Å². The van der Waals surface area contributed by atoms with E-state index in [9.17, 15) is 9.59 Å². The van der Waals surface area contributed by atoms with Crippen molar-refractivity contribution in [3.63, 3.8) is 0 Å². The van der Waals surface area contributed by atoms with Crippen LogP contribution in [0.15, 0.2) is 41.4 Å². The average Bonchev–Trinajstić information content (AvgIpc) is 3.02. The molecule has 152 valence electrons. The number of aromatic nitrogens is 1. The van der Waals surface area contributed by atoms with E-state index >= 15 is 0 Å². The van der Waals surface area contributed by atoms with E-state index in [0.717, 1.165) is 10.2 Å². The van der Waals surface area contributed by atoms with Crippen molar-refractivity contribution in [2.75, 3.05) is 20.3 Å². The lowest BCUT2D eigenvalue weighted by Crippen LogP contribution is -2.19. The number of ether oxygens (including phenoxy) is 2. The van der Waals surface area contributed by atoms with Gasteiger partial charge in [-0.15, -0.1) is 0 Å². The monoisotopic (exact) mass is 452 g/mol. The number of benzene rings is 2. The molecule has 29 heavy (non-hydrogen) atoms. The van der Waals surface area contributed by atoms with Crippen LogP contribution in [0.1, 0.15) is 27.6 Å². The van der Waals surface area contributed by atoms with Crippen molar-refractivity contribution in [1.82, 2.24) is 4.57 Å². The highest BCUT2D eigenvalue weighted by atomic mass is 35.5. The molecule has 0 saturated carbocycles. The molecule has 0 unspecified atom stereocenters. The molecule has 0 atom stereocenters. The van der Waals surface area contributed by atoms with Gasteiger partial charge < -0.3 is 14.0 Å². The van der Waals surface area contributed by atoms with E-state index < -0.39 is 11.9 Å². The Bertz CT molecular complexity index is 1140. The second-order valence-electron chi connectivity index (χ2n) is 5.97. The molecule has 9 heteroatoms. The highest BCUT2D eigenvalue weighted by molar-refractivity contribution is 7.16. The van der Waals surface area contributed by atoms with E-state index in [2.05, 4.69) is 4.99 Å². The summed E-state index contributed by atoms with van der Waals surface area (Å²) in [7, 11) is 1.60. The summed E-state index contributed by atoms with van der Waals surface area (Å²) >= 11 is 13.3. The van der Waals surface area contributed by atoms with Crippen LogP contribution in [0.25, 0.3) is 10.2 Å². The Kier molecular flexibility index (Phi) is 7.08. The zero-order chi connectivity index (χ0) is 21.0. The van der Waals surface area contributed by atoms with Crippen molar-refractivity contribution >= 4 is 56.6 Å². The number of esters is 1. The Balaban J connectivity index is 2.10. The van der Waals surface area contributed by atoms with Crippen molar-refractivity contribution in [1.29, 1.82) is 0 Å². The van der Waals surface area contributed by atoms with Gasteiger partial charge in [0.05, 0.1) is 39.6 Å². The van der Waals surface area contributed by atoms with Crippen LogP contribution in [0.3, 0.4) is 0 Å². The SMILES string of the molecule is CCOC(=O)c1ccc2c(c1)sc(=NC(=O)c1ccc(Cl)cc1Cl)n2CCOC. The van der Waals surface area contributed by atoms with Crippen molar-refractivity contribution < 1.29 is 19.1 Å². The minimum Gasteiger partial charge on any atom is -0.462 e. The van der Waals surface area contributed by atoms with E-state index in [0.29, 0.717) is 35.1 Å². The summed E-state index contributed by atoms with van der Waals surface area (Å²) in [6, 6.07) is 9.87. The number of halogens is 2. The van der Waals surface area contributed by atoms with E-state index in [4.69, 9.17) is 32.7 Å². The molecule has 1 aromatic heterocycles. The molecule has 2 aromatic carbocycles. The Morgan fingerprint density at radius 1 is 1.17 bits per heavy atom. The molecule has 0 N–H and O–H groups in total. The summed E-state index contributed by atoms with van der Waals surface area (Å²) in [6.07, 6.45) is 0. The second kappa shape index (κ2) is 9.54. The number of nitrogens with zero attached hydrogens (tertiary/aromatic N) is 2. The topological polar surface area (TPSA) is 69.9 Å². The molecular formula is C20H18Cl2N2O4S. The van der Waals surface area contributed by atoms with Gasteiger partial charge in [0.2, 0.25) is 0 Å². The third kappa shape index (κ3) is 4.87. The van der Waals surface area contributed by atoms with Crippen LogP contribution in [0, 0.1) is 0 Å². The van der Waals surface area contributed by atoms with Gasteiger partial charge in [-0.1, -0.05) is 34.5 Å². The van der Waals surface area contributed by atoms with Crippen LogP contribution in [0.5, 0.6) is 0 Å². The number of rotatable bonds is 6. The first-order chi connectivity index (χ1) is 13.9. The fourth-order valence-corrected chi connectivity index (χ4v) is 4.29. The molecule has 1 amide bonds. The standard InChI is InChI=1S/C20H18Cl2N2O4S/c1-3-28-19(26)12-4-7-16-17(10-12)29-20(24(16)8-9-27-2)23-18(25)14-6-5-13(21)11-15(14)22/h4-7,10-11H,3,8-9H2,1-2H3. The molecule has 0 radical (unpaired) electrons. The normalized spacial score (nSPS) is 11.8. The Labute approximate surface area is 181 Å². The minimum absolute atomic E-state index is 0.236. The van der Waals surface area contributed by atoms with E-state index in [1.54, 1.807) is 38.3 Å². The van der Waals surface area contributed by atoms with Crippen molar-refractivity contribution in [3.8, 4) is 0 Å². The average molecular weight is 453 g/mol. The summed E-state index contributed by atoms with van der Waals surface area (Å²) in [5.74, 6) is -0.872. The van der Waals surface area contributed by atoms with Crippen LogP contribution in [0.4, 0.5) is 0 Å². The molecule has 0 aliphatic carbocycles. The molecule has 3 aromatic rings. The van der Waals surface area contributed by atoms with Gasteiger partial charge in [0.25, 0.3) is 5.91 Å². The van der Waals surface area contributed by atoms with Crippen LogP contribution in [-0.2, 0) is 16.0 Å². The van der Waals surface area contributed by atoms with E-state index in [-0.39, 0.29) is 10.6 Å². The van der Waals surface area contributed by atoms with Gasteiger partial charge in [0.15, 0.2) is 4.80 Å². The van der Waals surface area contributed by atoms with Crippen molar-refractivity contribution in [2.24, 2.45) is 4.99 Å². The quantitative estimate of drug-likeness (QED) is 0.513. The van der Waals surface area contributed by atoms with Crippen LogP contribution >= 0.6 is 34.5 Å². The maximum Gasteiger partial charge on any atom is 0.338 e. The minimum atomic E-state index is -0.477. The van der Waals surface area contributed by atoms with E-state index in [1.807, 2.05) is 10.6 Å². The maximum absolute atomic E-state index is 12.7. The number of hydrogen-bond acceptors (Lipinski definition) is 5. The van der Waals surface area contributed by atoms with Gasteiger partial charge in [0.1, 0.15) is 0 Å². The Morgan fingerprint density at radius 2 is 1.97 bits per heavy atom. The number of methoxy groups -OCH3 is 1. The third-order valence-electron chi connectivity index (χ3n) is 4.07. The number of fused-ring (bicyclic) bond motifs is 1. The lowest BCUT2D eigenvalue weighted by atomic mass is 10.2. The zero-order valence-electron chi connectivity index (χ0n) is 15.8. The van der Waals surface area contributed by atoms with Crippen molar-refractivity contribution in [2.45, 2.75) is 13.5 Å². The number of hydrogen-bond donors (Lipinski definition) is 0. The third-order valence-corrected chi connectivity index (χ3v) is 5.66. The van der Waals surface area contributed by atoms with Gasteiger partial charge in [0, 0.05) is 18.7 Å². The summed E-state index contributed by atoms with van der Waals surface area (Å²) in [5.41, 5.74) is 1.55. The highest BCUT2D eigenvalue weighted by Gasteiger charge is 2.14. The van der Waals surface area contributed by atoms with Gasteiger partial charge in [-0.2, -0.15) is 4.99 Å². The molecular weight excluding hydrogens is 435 g/mol. The highest BCUT2D eigenvalue weighted by Crippen LogP contribution is 2.23. The molecule has 1 heterocycles. The first-order valence-electron chi connectivity index (χ1n) is 8.78. The zero-order valence-corrected chi connectivity index (χ0v) is 18.1. The number of amides is 1.